The Kier molecular flexibility index (Phi) is 9.52. The zero-order chi connectivity index (χ0) is 11.5. The minimum Gasteiger partial charge on any atom is -0.383 e. The number of nitrogens with one attached hydrogen (secondary N) is 1. The maximum atomic E-state index is 11.7. The number of nitrogens with zero attached hydrogens (tertiary/aromatic N) is 1. The third-order valence-corrected chi connectivity index (χ3v) is 2.28. The van der Waals surface area contributed by atoms with Crippen molar-refractivity contribution in [2.75, 3.05) is 39.9 Å². The first kappa shape index (κ1) is 14.4. The number of hydrogen-bond donors (Lipinski definition) is 1. The molecule has 1 N–H and O–H groups in total. The fraction of sp³-hybridized carbons (Fsp3) is 0.909. The molecule has 0 atom stereocenters. The standard InChI is InChI=1S/C11H24N2O2/c1-4-6-8-13(5-2)11(14)10-12-7-9-15-3/h12H,4-10H2,1-3H3. The lowest BCUT2D eigenvalue weighted by molar-refractivity contribution is -0.130. The Labute approximate surface area is 93.0 Å². The highest BCUT2D eigenvalue weighted by Gasteiger charge is 2.09. The summed E-state index contributed by atoms with van der Waals surface area (Å²) in [5.41, 5.74) is 0. The summed E-state index contributed by atoms with van der Waals surface area (Å²) in [5, 5.41) is 3.06. The molecule has 0 unspecified atom stereocenters. The summed E-state index contributed by atoms with van der Waals surface area (Å²) in [6.07, 6.45) is 2.21. The summed E-state index contributed by atoms with van der Waals surface area (Å²) in [6.45, 7) is 7.61. The van der Waals surface area contributed by atoms with E-state index in [0.29, 0.717) is 13.2 Å². The fourth-order valence-electron chi connectivity index (χ4n) is 1.29. The Balaban J connectivity index is 3.63. The first-order chi connectivity index (χ1) is 7.26. The normalized spacial score (nSPS) is 10.3. The van der Waals surface area contributed by atoms with Crippen LogP contribution < -0.4 is 5.32 Å². The van der Waals surface area contributed by atoms with Gasteiger partial charge in [0.15, 0.2) is 0 Å². The number of carbonyl (C=O) groups excluding carboxylic acids is 1. The molecule has 4 nitrogen and oxygen atoms in total. The summed E-state index contributed by atoms with van der Waals surface area (Å²) in [4.78, 5) is 13.6. The van der Waals surface area contributed by atoms with E-state index in [1.165, 1.54) is 0 Å². The number of likely N-dealkylation sites (N-methyl/N-ethyl adjacent to an activating group) is 1. The van der Waals surface area contributed by atoms with E-state index in [0.717, 1.165) is 32.5 Å². The summed E-state index contributed by atoms with van der Waals surface area (Å²) in [7, 11) is 1.66. The van der Waals surface area contributed by atoms with Crippen molar-refractivity contribution in [3.05, 3.63) is 0 Å². The van der Waals surface area contributed by atoms with Gasteiger partial charge in [-0.3, -0.25) is 4.79 Å². The molecule has 0 spiro atoms. The van der Waals surface area contributed by atoms with Crippen LogP contribution in [0.1, 0.15) is 26.7 Å². The Morgan fingerprint density at radius 2 is 2.13 bits per heavy atom. The molecule has 0 radical (unpaired) electrons. The third kappa shape index (κ3) is 7.33. The Bertz CT molecular complexity index is 163. The van der Waals surface area contributed by atoms with E-state index in [9.17, 15) is 4.79 Å². The SMILES string of the molecule is CCCCN(CC)C(=O)CNCCOC. The van der Waals surface area contributed by atoms with Gasteiger partial charge in [0.25, 0.3) is 0 Å². The van der Waals surface area contributed by atoms with Crippen LogP contribution in [0.5, 0.6) is 0 Å². The van der Waals surface area contributed by atoms with Gasteiger partial charge in [-0.15, -0.1) is 0 Å². The zero-order valence-corrected chi connectivity index (χ0v) is 10.2. The molecular formula is C11H24N2O2. The lowest BCUT2D eigenvalue weighted by atomic mass is 10.3. The second kappa shape index (κ2) is 9.93. The molecular weight excluding hydrogens is 192 g/mol. The highest BCUT2D eigenvalue weighted by molar-refractivity contribution is 5.78. The van der Waals surface area contributed by atoms with Crippen molar-refractivity contribution in [2.24, 2.45) is 0 Å². The van der Waals surface area contributed by atoms with E-state index < -0.39 is 0 Å². The molecule has 0 aromatic carbocycles. The molecule has 0 aliphatic carbocycles. The molecule has 0 aliphatic rings. The molecule has 0 heterocycles. The highest BCUT2D eigenvalue weighted by Crippen LogP contribution is 1.94. The highest BCUT2D eigenvalue weighted by atomic mass is 16.5. The molecule has 0 fully saturated rings. The number of methoxy groups -OCH3 is 1. The molecule has 0 aliphatic heterocycles. The van der Waals surface area contributed by atoms with Crippen LogP contribution in [-0.2, 0) is 9.53 Å². The Morgan fingerprint density at radius 3 is 2.67 bits per heavy atom. The van der Waals surface area contributed by atoms with Gasteiger partial charge < -0.3 is 15.0 Å². The number of rotatable bonds is 9. The van der Waals surface area contributed by atoms with Gasteiger partial charge in [-0.1, -0.05) is 13.3 Å². The van der Waals surface area contributed by atoms with Gasteiger partial charge in [0.05, 0.1) is 13.2 Å². The zero-order valence-electron chi connectivity index (χ0n) is 10.2. The predicted molar refractivity (Wildman–Crippen MR) is 61.9 cm³/mol. The van der Waals surface area contributed by atoms with Crippen molar-refractivity contribution in [2.45, 2.75) is 26.7 Å². The topological polar surface area (TPSA) is 41.6 Å². The minimum absolute atomic E-state index is 0.182. The first-order valence-electron chi connectivity index (χ1n) is 5.73. The quantitative estimate of drug-likeness (QED) is 0.582. The van der Waals surface area contributed by atoms with Crippen LogP contribution in [0, 0.1) is 0 Å². The van der Waals surface area contributed by atoms with Gasteiger partial charge in [-0.2, -0.15) is 0 Å². The van der Waals surface area contributed by atoms with Crippen LogP contribution in [0.3, 0.4) is 0 Å². The molecule has 0 saturated heterocycles. The Hall–Kier alpha value is -0.610. The van der Waals surface area contributed by atoms with E-state index in [1.54, 1.807) is 7.11 Å². The average Bonchev–Trinajstić information content (AvgIpc) is 2.25. The number of ether oxygens (including phenoxy) is 1. The molecule has 4 heteroatoms. The van der Waals surface area contributed by atoms with E-state index in [4.69, 9.17) is 4.74 Å². The molecule has 1 amide bonds. The van der Waals surface area contributed by atoms with Crippen LogP contribution in [-0.4, -0.2) is 50.7 Å². The summed E-state index contributed by atoms with van der Waals surface area (Å²) in [6, 6.07) is 0. The molecule has 15 heavy (non-hydrogen) atoms. The number of amides is 1. The molecule has 0 bridgehead atoms. The van der Waals surface area contributed by atoms with Gasteiger partial charge in [-0.25, -0.2) is 0 Å². The van der Waals surface area contributed by atoms with Crippen molar-refractivity contribution in [1.82, 2.24) is 10.2 Å². The average molecular weight is 216 g/mol. The van der Waals surface area contributed by atoms with Crippen molar-refractivity contribution >= 4 is 5.91 Å². The largest absolute Gasteiger partial charge is 0.383 e. The van der Waals surface area contributed by atoms with Crippen molar-refractivity contribution < 1.29 is 9.53 Å². The minimum atomic E-state index is 0.182. The molecule has 0 aromatic rings. The van der Waals surface area contributed by atoms with Crippen LogP contribution in [0.15, 0.2) is 0 Å². The smallest absolute Gasteiger partial charge is 0.236 e. The fourth-order valence-corrected chi connectivity index (χ4v) is 1.29. The van der Waals surface area contributed by atoms with Gasteiger partial charge in [0.1, 0.15) is 0 Å². The van der Waals surface area contributed by atoms with E-state index in [-0.39, 0.29) is 5.91 Å². The van der Waals surface area contributed by atoms with Gasteiger partial charge >= 0.3 is 0 Å². The van der Waals surface area contributed by atoms with Crippen molar-refractivity contribution in [3.8, 4) is 0 Å². The van der Waals surface area contributed by atoms with Crippen LogP contribution >= 0.6 is 0 Å². The number of unbranched alkanes of at least 4 members (excludes halogenated alkanes) is 1. The third-order valence-electron chi connectivity index (χ3n) is 2.28. The summed E-state index contributed by atoms with van der Waals surface area (Å²) in [5.74, 6) is 0.182. The molecule has 0 rings (SSSR count). The second-order valence-corrected chi connectivity index (χ2v) is 3.50. The molecule has 0 aromatic heterocycles. The maximum absolute atomic E-state index is 11.7. The monoisotopic (exact) mass is 216 g/mol. The Morgan fingerprint density at radius 1 is 1.40 bits per heavy atom. The number of carbonyl (C=O) groups is 1. The van der Waals surface area contributed by atoms with E-state index >= 15 is 0 Å². The van der Waals surface area contributed by atoms with Gasteiger partial charge in [-0.05, 0) is 13.3 Å². The number of hydrogen-bond acceptors (Lipinski definition) is 3. The lowest BCUT2D eigenvalue weighted by Crippen LogP contribution is -2.39. The lowest BCUT2D eigenvalue weighted by Gasteiger charge is -2.20. The van der Waals surface area contributed by atoms with Crippen molar-refractivity contribution in [3.63, 3.8) is 0 Å². The van der Waals surface area contributed by atoms with Gasteiger partial charge in [0, 0.05) is 26.7 Å². The van der Waals surface area contributed by atoms with Crippen LogP contribution in [0.25, 0.3) is 0 Å². The predicted octanol–water partition coefficient (Wildman–Crippen LogP) is 0.871. The van der Waals surface area contributed by atoms with E-state index in [1.807, 2.05) is 11.8 Å². The summed E-state index contributed by atoms with van der Waals surface area (Å²) < 4.78 is 4.89. The van der Waals surface area contributed by atoms with Gasteiger partial charge in [0.2, 0.25) is 5.91 Å². The summed E-state index contributed by atoms with van der Waals surface area (Å²) >= 11 is 0. The van der Waals surface area contributed by atoms with Crippen LogP contribution in [0.2, 0.25) is 0 Å². The maximum Gasteiger partial charge on any atom is 0.236 e. The molecule has 90 valence electrons. The van der Waals surface area contributed by atoms with E-state index in [2.05, 4.69) is 12.2 Å². The first-order valence-corrected chi connectivity index (χ1v) is 5.73. The van der Waals surface area contributed by atoms with Crippen molar-refractivity contribution in [1.29, 1.82) is 0 Å². The molecule has 0 saturated carbocycles. The van der Waals surface area contributed by atoms with Crippen LogP contribution in [0.4, 0.5) is 0 Å². The second-order valence-electron chi connectivity index (χ2n) is 3.50.